The lowest BCUT2D eigenvalue weighted by molar-refractivity contribution is 0.0224. The number of carbonyl (C=O) groups excluding carboxylic acids is 1. The number of esters is 1. The van der Waals surface area contributed by atoms with Gasteiger partial charge in [-0.3, -0.25) is 0 Å². The molecule has 1 spiro atoms. The highest BCUT2D eigenvalue weighted by Gasteiger charge is 2.53. The summed E-state index contributed by atoms with van der Waals surface area (Å²) < 4.78 is 11.8. The molecular weight excluding hydrogens is 362 g/mol. The maximum Gasteiger partial charge on any atom is 0.340 e. The van der Waals surface area contributed by atoms with Crippen LogP contribution in [0.3, 0.4) is 0 Å². The van der Waals surface area contributed by atoms with Crippen molar-refractivity contribution >= 4 is 12.7 Å². The van der Waals surface area contributed by atoms with Gasteiger partial charge in [-0.2, -0.15) is 0 Å². The van der Waals surface area contributed by atoms with E-state index in [1.165, 1.54) is 24.3 Å². The van der Waals surface area contributed by atoms with E-state index in [4.69, 9.17) is 14.7 Å². The molecule has 0 saturated carbocycles. The first kappa shape index (κ1) is 17.4. The zero-order chi connectivity index (χ0) is 19.9. The number of hydrogen-bond donors (Lipinski definition) is 3. The topological polar surface area (TPSA) is 109 Å². The van der Waals surface area contributed by atoms with E-state index in [9.17, 15) is 15.0 Å². The smallest absolute Gasteiger partial charge is 0.340 e. The van der Waals surface area contributed by atoms with Gasteiger partial charge in [0.25, 0.3) is 0 Å². The monoisotopic (exact) mass is 377 g/mol. The molecule has 140 valence electrons. The lowest BCUT2D eigenvalue weighted by Gasteiger charge is -2.36. The van der Waals surface area contributed by atoms with Crippen LogP contribution in [0.25, 0.3) is 0 Å². The molecule has 0 amide bonds. The molecule has 3 N–H and O–H groups in total. The minimum absolute atomic E-state index is 0.0371. The van der Waals surface area contributed by atoms with Gasteiger partial charge in [-0.05, 0) is 30.3 Å². The summed E-state index contributed by atoms with van der Waals surface area (Å²) in [6, 6.07) is 16.6. The second kappa shape index (κ2) is 6.31. The molecule has 0 unspecified atom stereocenters. The van der Waals surface area contributed by atoms with E-state index in [0.717, 1.165) is 0 Å². The van der Waals surface area contributed by atoms with E-state index in [2.05, 4.69) is 11.9 Å². The molecule has 0 fully saturated rings. The minimum atomic E-state index is -1.17. The summed E-state index contributed by atoms with van der Waals surface area (Å²) in [6.45, 7) is 2.67. The van der Waals surface area contributed by atoms with E-state index in [1.54, 1.807) is 24.3 Å². The predicted molar refractivity (Wildman–Crippen MR) is 99.4 cm³/mol. The molecule has 0 aromatic heterocycles. The summed E-state index contributed by atoms with van der Waals surface area (Å²) in [7, 11) is 0. The van der Waals surface area contributed by atoms with Gasteiger partial charge in [0.15, 0.2) is 5.60 Å². The van der Waals surface area contributed by atoms with Crippen molar-refractivity contribution in [3.63, 3.8) is 0 Å². The number of fused-ring (bicyclic) bond motifs is 6. The molecule has 3 aromatic carbocycles. The number of carbonyl (C=O) groups is 1. The van der Waals surface area contributed by atoms with E-state index in [1.807, 2.05) is 12.1 Å². The van der Waals surface area contributed by atoms with Gasteiger partial charge in [-0.25, -0.2) is 4.79 Å². The predicted octanol–water partition coefficient (Wildman–Crippen LogP) is 3.74. The Balaban J connectivity index is 0.000000604. The number of rotatable bonds is 0. The number of phenols is 2. The van der Waals surface area contributed by atoms with Crippen molar-refractivity contribution in [3.8, 4) is 23.0 Å². The zero-order valence-corrected chi connectivity index (χ0v) is 14.5. The highest BCUT2D eigenvalue weighted by Crippen LogP contribution is 2.56. The van der Waals surface area contributed by atoms with Crippen LogP contribution in [-0.2, 0) is 10.3 Å². The molecule has 0 aliphatic carbocycles. The molecule has 5 rings (SSSR count). The molecular formula is C21H15NO6. The van der Waals surface area contributed by atoms with Crippen molar-refractivity contribution in [1.82, 2.24) is 0 Å². The second-order valence-corrected chi connectivity index (χ2v) is 6.22. The van der Waals surface area contributed by atoms with Gasteiger partial charge in [0.1, 0.15) is 23.0 Å². The fourth-order valence-electron chi connectivity index (χ4n) is 3.65. The summed E-state index contributed by atoms with van der Waals surface area (Å²) in [5.74, 6) is 0.408. The van der Waals surface area contributed by atoms with Crippen LogP contribution < -0.4 is 4.74 Å². The van der Waals surface area contributed by atoms with Crippen molar-refractivity contribution in [2.24, 2.45) is 5.16 Å². The Kier molecular flexibility index (Phi) is 3.93. The molecule has 28 heavy (non-hydrogen) atoms. The molecule has 0 saturated heterocycles. The third-order valence-corrected chi connectivity index (χ3v) is 4.68. The van der Waals surface area contributed by atoms with Gasteiger partial charge in [0, 0.05) is 35.5 Å². The van der Waals surface area contributed by atoms with Gasteiger partial charge in [-0.15, -0.1) is 5.16 Å². The SMILES string of the molecule is C=NO.O=C1OC2(c3ccc(O)cc3Oc3cc(O)ccc32)c2ccccc21. The number of oxime groups is 1. The maximum absolute atomic E-state index is 12.5. The third-order valence-electron chi connectivity index (χ3n) is 4.68. The maximum atomic E-state index is 12.5. The van der Waals surface area contributed by atoms with Crippen LogP contribution in [0.2, 0.25) is 0 Å². The van der Waals surface area contributed by atoms with E-state index >= 15 is 0 Å². The van der Waals surface area contributed by atoms with Crippen molar-refractivity contribution in [2.75, 3.05) is 0 Å². The summed E-state index contributed by atoms with van der Waals surface area (Å²) in [5, 5.41) is 29.0. The van der Waals surface area contributed by atoms with Crippen molar-refractivity contribution in [1.29, 1.82) is 0 Å². The van der Waals surface area contributed by atoms with Gasteiger partial charge < -0.3 is 24.9 Å². The molecule has 2 aliphatic heterocycles. The number of phenolic OH excluding ortho intramolecular Hbond substituents is 2. The van der Waals surface area contributed by atoms with Gasteiger partial charge in [0.05, 0.1) is 5.56 Å². The summed E-state index contributed by atoms with van der Waals surface area (Å²) in [6.07, 6.45) is 0. The zero-order valence-electron chi connectivity index (χ0n) is 14.5. The second-order valence-electron chi connectivity index (χ2n) is 6.22. The summed E-state index contributed by atoms with van der Waals surface area (Å²) in [5.41, 5.74) is 1.28. The van der Waals surface area contributed by atoms with Crippen LogP contribution in [0.15, 0.2) is 65.8 Å². The number of nitrogens with zero attached hydrogens (tertiary/aromatic N) is 1. The van der Waals surface area contributed by atoms with E-state index in [-0.39, 0.29) is 11.5 Å². The number of aromatic hydroxyl groups is 2. The molecule has 0 radical (unpaired) electrons. The first-order valence-electron chi connectivity index (χ1n) is 8.29. The molecule has 2 aliphatic rings. The van der Waals surface area contributed by atoms with Crippen LogP contribution in [0.1, 0.15) is 27.0 Å². The standard InChI is InChI=1S/C20H12O5.CH3NO/c21-11-5-7-15-17(9-11)24-18-10-12(22)6-8-16(18)20(15)14-4-2-1-3-13(14)19(23)25-20;1-2-3/h1-10,21-22H;3H,1H2. The molecule has 7 nitrogen and oxygen atoms in total. The minimum Gasteiger partial charge on any atom is -0.508 e. The van der Waals surface area contributed by atoms with Crippen LogP contribution >= 0.6 is 0 Å². The quantitative estimate of drug-likeness (QED) is 0.238. The first-order chi connectivity index (χ1) is 13.5. The Morgan fingerprint density at radius 3 is 1.96 bits per heavy atom. The molecule has 7 heteroatoms. The van der Waals surface area contributed by atoms with Crippen LogP contribution in [0.4, 0.5) is 0 Å². The van der Waals surface area contributed by atoms with E-state index in [0.29, 0.717) is 33.8 Å². The van der Waals surface area contributed by atoms with Crippen molar-refractivity contribution in [3.05, 3.63) is 82.9 Å². The molecule has 0 bridgehead atoms. The van der Waals surface area contributed by atoms with Crippen LogP contribution in [0, 0.1) is 0 Å². The third kappa shape index (κ3) is 2.37. The van der Waals surface area contributed by atoms with Crippen LogP contribution in [-0.4, -0.2) is 28.1 Å². The summed E-state index contributed by atoms with van der Waals surface area (Å²) in [4.78, 5) is 12.5. The van der Waals surface area contributed by atoms with Crippen LogP contribution in [0.5, 0.6) is 23.0 Å². The average molecular weight is 377 g/mol. The van der Waals surface area contributed by atoms with E-state index < -0.39 is 11.6 Å². The fourth-order valence-corrected chi connectivity index (χ4v) is 3.65. The molecule has 2 heterocycles. The Labute approximate surface area is 159 Å². The Morgan fingerprint density at radius 2 is 1.39 bits per heavy atom. The highest BCUT2D eigenvalue weighted by molar-refractivity contribution is 5.97. The van der Waals surface area contributed by atoms with Gasteiger partial charge >= 0.3 is 5.97 Å². The van der Waals surface area contributed by atoms with Crippen molar-refractivity contribution in [2.45, 2.75) is 5.60 Å². The average Bonchev–Trinajstić information content (AvgIpc) is 2.96. The number of benzene rings is 3. The Bertz CT molecular complexity index is 1060. The largest absolute Gasteiger partial charge is 0.508 e. The fraction of sp³-hybridized carbons (Fsp3) is 0.0476. The van der Waals surface area contributed by atoms with Crippen molar-refractivity contribution < 1.29 is 29.7 Å². The lowest BCUT2D eigenvalue weighted by atomic mass is 9.77. The first-order valence-corrected chi connectivity index (χ1v) is 8.29. The van der Waals surface area contributed by atoms with Gasteiger partial charge in [0.2, 0.25) is 0 Å². The lowest BCUT2D eigenvalue weighted by Crippen LogP contribution is -2.32. The molecule has 0 atom stereocenters. The Morgan fingerprint density at radius 1 is 0.857 bits per heavy atom. The number of hydrogen-bond acceptors (Lipinski definition) is 7. The van der Waals surface area contributed by atoms with Gasteiger partial charge in [-0.1, -0.05) is 18.2 Å². The molecule has 3 aromatic rings. The highest BCUT2D eigenvalue weighted by atomic mass is 16.6. The number of ether oxygens (including phenoxy) is 2. The Hall–Kier alpha value is -4.00. The normalized spacial score (nSPS) is 14.5. The summed E-state index contributed by atoms with van der Waals surface area (Å²) >= 11 is 0.